The Morgan fingerprint density at radius 3 is 2.60 bits per heavy atom. The average molecular weight is 139 g/mol. The molecule has 1 aromatic rings. The van der Waals surface area contributed by atoms with Gasteiger partial charge in [0.05, 0.1) is 0 Å². The van der Waals surface area contributed by atoms with Crippen molar-refractivity contribution >= 4 is 12.0 Å². The molecular formula is C6H9N3O. The van der Waals surface area contributed by atoms with E-state index in [0.29, 0.717) is 11.8 Å². The molecule has 0 fully saturated rings. The van der Waals surface area contributed by atoms with Gasteiger partial charge in [0.15, 0.2) is 0 Å². The predicted molar refractivity (Wildman–Crippen MR) is 38.7 cm³/mol. The minimum absolute atomic E-state index is 0.448. The van der Waals surface area contributed by atoms with Crippen LogP contribution in [0, 0.1) is 0 Å². The first-order valence-electron chi connectivity index (χ1n) is 2.87. The second-order valence-electron chi connectivity index (χ2n) is 2.03. The molecule has 0 N–H and O–H groups in total. The van der Waals surface area contributed by atoms with Gasteiger partial charge in [0.25, 0.3) is 11.8 Å². The topological polar surface area (TPSA) is 42.2 Å². The van der Waals surface area contributed by atoms with Gasteiger partial charge in [-0.1, -0.05) is 6.58 Å². The molecule has 0 aliphatic rings. The van der Waals surface area contributed by atoms with E-state index >= 15 is 0 Å². The molecule has 0 aliphatic heterocycles. The molecule has 54 valence electrons. The molecule has 0 atom stereocenters. The molecular weight excluding hydrogens is 130 g/mol. The Balaban J connectivity index is 2.88. The van der Waals surface area contributed by atoms with Crippen LogP contribution in [0.2, 0.25) is 0 Å². The van der Waals surface area contributed by atoms with E-state index < -0.39 is 0 Å². The zero-order valence-electron chi connectivity index (χ0n) is 6.03. The van der Waals surface area contributed by atoms with Crippen LogP contribution in [0.1, 0.15) is 5.89 Å². The summed E-state index contributed by atoms with van der Waals surface area (Å²) in [5.41, 5.74) is 0. The zero-order valence-corrected chi connectivity index (χ0v) is 6.03. The highest BCUT2D eigenvalue weighted by Crippen LogP contribution is 2.04. The quantitative estimate of drug-likeness (QED) is 0.607. The predicted octanol–water partition coefficient (Wildman–Crippen LogP) is 0.779. The van der Waals surface area contributed by atoms with E-state index in [1.807, 2.05) is 14.1 Å². The molecule has 0 radical (unpaired) electrons. The van der Waals surface area contributed by atoms with Gasteiger partial charge in [0.1, 0.15) is 0 Å². The normalized spacial score (nSPS) is 9.40. The van der Waals surface area contributed by atoms with Crippen LogP contribution in [-0.2, 0) is 0 Å². The van der Waals surface area contributed by atoms with Crippen LogP contribution in [0.5, 0.6) is 0 Å². The third-order valence-corrected chi connectivity index (χ3v) is 1.01. The molecule has 1 rings (SSSR count). The summed E-state index contributed by atoms with van der Waals surface area (Å²) in [5, 5.41) is 3.66. The molecule has 0 spiro atoms. The first-order valence-corrected chi connectivity index (χ1v) is 2.87. The van der Waals surface area contributed by atoms with Crippen molar-refractivity contribution in [1.29, 1.82) is 0 Å². The highest BCUT2D eigenvalue weighted by molar-refractivity contribution is 5.37. The van der Waals surface area contributed by atoms with E-state index in [4.69, 9.17) is 4.52 Å². The third-order valence-electron chi connectivity index (χ3n) is 1.01. The van der Waals surface area contributed by atoms with Crippen molar-refractivity contribution in [3.05, 3.63) is 12.5 Å². The number of hydrogen-bond donors (Lipinski definition) is 0. The van der Waals surface area contributed by atoms with E-state index in [2.05, 4.69) is 16.7 Å². The highest BCUT2D eigenvalue weighted by Gasteiger charge is 2.02. The Morgan fingerprint density at radius 1 is 1.60 bits per heavy atom. The number of hydrogen-bond acceptors (Lipinski definition) is 4. The minimum atomic E-state index is 0.448. The van der Waals surface area contributed by atoms with Crippen molar-refractivity contribution in [3.63, 3.8) is 0 Å². The molecule has 0 aliphatic carbocycles. The van der Waals surface area contributed by atoms with E-state index in [0.717, 1.165) is 0 Å². The van der Waals surface area contributed by atoms with Crippen molar-refractivity contribution < 1.29 is 4.52 Å². The molecule has 10 heavy (non-hydrogen) atoms. The molecule has 4 nitrogen and oxygen atoms in total. The fourth-order valence-corrected chi connectivity index (χ4v) is 0.492. The molecule has 0 amide bonds. The van der Waals surface area contributed by atoms with E-state index in [1.54, 1.807) is 4.90 Å². The van der Waals surface area contributed by atoms with Gasteiger partial charge in [0, 0.05) is 14.1 Å². The fourth-order valence-electron chi connectivity index (χ4n) is 0.492. The van der Waals surface area contributed by atoms with Crippen LogP contribution in [0.4, 0.5) is 5.95 Å². The van der Waals surface area contributed by atoms with Crippen LogP contribution < -0.4 is 4.90 Å². The summed E-state index contributed by atoms with van der Waals surface area (Å²) in [4.78, 5) is 5.72. The molecule has 0 saturated heterocycles. The Morgan fingerprint density at radius 2 is 2.30 bits per heavy atom. The second kappa shape index (κ2) is 2.51. The van der Waals surface area contributed by atoms with Crippen molar-refractivity contribution in [2.45, 2.75) is 0 Å². The second-order valence-corrected chi connectivity index (χ2v) is 2.03. The number of rotatable bonds is 2. The van der Waals surface area contributed by atoms with Gasteiger partial charge in [-0.15, -0.1) is 0 Å². The number of anilines is 1. The maximum Gasteiger partial charge on any atom is 0.265 e. The summed E-state index contributed by atoms with van der Waals surface area (Å²) < 4.78 is 4.75. The fraction of sp³-hybridized carbons (Fsp3) is 0.333. The number of nitrogens with zero attached hydrogens (tertiary/aromatic N) is 3. The SMILES string of the molecule is C=Cc1nc(N(C)C)no1. The molecule has 1 aromatic heterocycles. The number of aromatic nitrogens is 2. The van der Waals surface area contributed by atoms with Gasteiger partial charge in [-0.3, -0.25) is 0 Å². The lowest BCUT2D eigenvalue weighted by molar-refractivity contribution is 0.410. The summed E-state index contributed by atoms with van der Waals surface area (Å²) in [7, 11) is 3.69. The van der Waals surface area contributed by atoms with E-state index in [-0.39, 0.29) is 0 Å². The molecule has 0 aromatic carbocycles. The Kier molecular flexibility index (Phi) is 1.71. The van der Waals surface area contributed by atoms with Crippen LogP contribution in [0.15, 0.2) is 11.1 Å². The maximum atomic E-state index is 4.75. The highest BCUT2D eigenvalue weighted by atomic mass is 16.5. The van der Waals surface area contributed by atoms with Gasteiger partial charge in [-0.25, -0.2) is 0 Å². The van der Waals surface area contributed by atoms with Crippen LogP contribution in [0.25, 0.3) is 6.08 Å². The third kappa shape index (κ3) is 1.15. The van der Waals surface area contributed by atoms with Crippen LogP contribution in [-0.4, -0.2) is 24.2 Å². The van der Waals surface area contributed by atoms with Gasteiger partial charge in [-0.2, -0.15) is 4.98 Å². The molecule has 4 heteroatoms. The first-order chi connectivity index (χ1) is 4.74. The monoisotopic (exact) mass is 139 g/mol. The lowest BCUT2D eigenvalue weighted by atomic mass is 10.6. The smallest absolute Gasteiger partial charge is 0.265 e. The summed E-state index contributed by atoms with van der Waals surface area (Å²) in [6, 6.07) is 0. The van der Waals surface area contributed by atoms with Gasteiger partial charge in [0.2, 0.25) is 0 Å². The molecule has 1 heterocycles. The Labute approximate surface area is 59.1 Å². The molecule has 0 unspecified atom stereocenters. The van der Waals surface area contributed by atoms with Crippen molar-refractivity contribution in [1.82, 2.24) is 10.1 Å². The lowest BCUT2D eigenvalue weighted by Crippen LogP contribution is -2.09. The maximum absolute atomic E-state index is 4.75. The van der Waals surface area contributed by atoms with E-state index in [1.165, 1.54) is 6.08 Å². The standard InChI is InChI=1S/C6H9N3O/c1-4-5-7-6(8-10-5)9(2)3/h4H,1H2,2-3H3. The van der Waals surface area contributed by atoms with Crippen LogP contribution in [0.3, 0.4) is 0 Å². The van der Waals surface area contributed by atoms with Crippen LogP contribution >= 0.6 is 0 Å². The lowest BCUT2D eigenvalue weighted by Gasteiger charge is -2.01. The average Bonchev–Trinajstić information content (AvgIpc) is 2.34. The summed E-state index contributed by atoms with van der Waals surface area (Å²) in [6.45, 7) is 3.49. The Bertz CT molecular complexity index is 229. The van der Waals surface area contributed by atoms with Crippen molar-refractivity contribution in [2.75, 3.05) is 19.0 Å². The van der Waals surface area contributed by atoms with Crippen molar-refractivity contribution in [3.8, 4) is 0 Å². The summed E-state index contributed by atoms with van der Waals surface area (Å²) >= 11 is 0. The van der Waals surface area contributed by atoms with Gasteiger partial charge < -0.3 is 9.42 Å². The van der Waals surface area contributed by atoms with Crippen molar-refractivity contribution in [2.24, 2.45) is 0 Å². The van der Waals surface area contributed by atoms with Gasteiger partial charge >= 0.3 is 0 Å². The molecule has 0 bridgehead atoms. The first kappa shape index (κ1) is 6.80. The van der Waals surface area contributed by atoms with E-state index in [9.17, 15) is 0 Å². The summed E-state index contributed by atoms with van der Waals surface area (Å²) in [6.07, 6.45) is 1.51. The summed E-state index contributed by atoms with van der Waals surface area (Å²) in [5.74, 6) is 1.01. The zero-order chi connectivity index (χ0) is 7.56. The Hall–Kier alpha value is -1.32. The molecule has 0 saturated carbocycles. The minimum Gasteiger partial charge on any atom is -0.344 e. The largest absolute Gasteiger partial charge is 0.344 e. The van der Waals surface area contributed by atoms with Gasteiger partial charge in [-0.05, 0) is 11.2 Å².